The van der Waals surface area contributed by atoms with Crippen molar-refractivity contribution >= 4 is 23.2 Å². The second kappa shape index (κ2) is 8.84. The molecule has 0 aliphatic rings. The first-order valence-corrected chi connectivity index (χ1v) is 9.30. The maximum Gasteiger partial charge on any atom is 0.238 e. The SMILES string of the molecule is CCN(CC(=O)Nc1cc(Cl)ccc1C)Cc1cnn(-c2ccccc2)c1. The molecule has 1 aromatic heterocycles. The fraction of sp³-hybridized carbons (Fsp3) is 0.238. The minimum Gasteiger partial charge on any atom is -0.325 e. The molecule has 5 nitrogen and oxygen atoms in total. The molecule has 0 saturated heterocycles. The molecule has 0 bridgehead atoms. The molecule has 0 radical (unpaired) electrons. The predicted octanol–water partition coefficient (Wildman–Crippen LogP) is 4.29. The minimum atomic E-state index is -0.0577. The van der Waals surface area contributed by atoms with Crippen molar-refractivity contribution in [2.45, 2.75) is 20.4 Å². The highest BCUT2D eigenvalue weighted by Crippen LogP contribution is 2.20. The van der Waals surface area contributed by atoms with Gasteiger partial charge in [0.25, 0.3) is 0 Å². The lowest BCUT2D eigenvalue weighted by Crippen LogP contribution is -2.32. The first kappa shape index (κ1) is 19.1. The third kappa shape index (κ3) is 5.18. The molecule has 0 aliphatic carbocycles. The van der Waals surface area contributed by atoms with Crippen molar-refractivity contribution in [3.8, 4) is 5.69 Å². The Kier molecular flexibility index (Phi) is 6.27. The number of rotatable bonds is 7. The molecular formula is C21H23ClN4O. The highest BCUT2D eigenvalue weighted by Gasteiger charge is 2.12. The van der Waals surface area contributed by atoms with Crippen molar-refractivity contribution in [3.05, 3.63) is 77.1 Å². The van der Waals surface area contributed by atoms with Gasteiger partial charge in [-0.1, -0.05) is 42.8 Å². The molecule has 0 unspecified atom stereocenters. The number of halogens is 1. The van der Waals surface area contributed by atoms with Crippen LogP contribution >= 0.6 is 11.6 Å². The molecule has 1 N–H and O–H groups in total. The summed E-state index contributed by atoms with van der Waals surface area (Å²) in [7, 11) is 0. The highest BCUT2D eigenvalue weighted by atomic mass is 35.5. The minimum absolute atomic E-state index is 0.0577. The monoisotopic (exact) mass is 382 g/mol. The molecule has 0 fully saturated rings. The lowest BCUT2D eigenvalue weighted by Gasteiger charge is -2.19. The molecular weight excluding hydrogens is 360 g/mol. The number of aromatic nitrogens is 2. The molecule has 0 spiro atoms. The Morgan fingerprint density at radius 3 is 2.74 bits per heavy atom. The lowest BCUT2D eigenvalue weighted by atomic mass is 10.2. The van der Waals surface area contributed by atoms with E-state index in [-0.39, 0.29) is 5.91 Å². The van der Waals surface area contributed by atoms with Gasteiger partial charge >= 0.3 is 0 Å². The zero-order chi connectivity index (χ0) is 19.2. The van der Waals surface area contributed by atoms with E-state index in [1.165, 1.54) is 0 Å². The van der Waals surface area contributed by atoms with E-state index in [1.54, 1.807) is 6.07 Å². The standard InChI is InChI=1S/C21H23ClN4O/c1-3-25(15-21(27)24-20-11-18(22)10-9-16(20)2)13-17-12-23-26(14-17)19-7-5-4-6-8-19/h4-12,14H,3,13,15H2,1-2H3,(H,24,27). The number of hydrogen-bond donors (Lipinski definition) is 1. The fourth-order valence-corrected chi connectivity index (χ4v) is 3.00. The Labute approximate surface area is 164 Å². The van der Waals surface area contributed by atoms with Crippen LogP contribution in [0.15, 0.2) is 60.9 Å². The number of anilines is 1. The number of amides is 1. The van der Waals surface area contributed by atoms with Gasteiger partial charge < -0.3 is 5.32 Å². The van der Waals surface area contributed by atoms with Crippen LogP contribution in [0.4, 0.5) is 5.69 Å². The normalized spacial score (nSPS) is 11.0. The summed E-state index contributed by atoms with van der Waals surface area (Å²) in [5.41, 5.74) is 3.81. The van der Waals surface area contributed by atoms with Gasteiger partial charge in [0.05, 0.1) is 18.4 Å². The Morgan fingerprint density at radius 1 is 1.22 bits per heavy atom. The Hall–Kier alpha value is -2.63. The quantitative estimate of drug-likeness (QED) is 0.663. The van der Waals surface area contributed by atoms with E-state index < -0.39 is 0 Å². The second-order valence-corrected chi connectivity index (χ2v) is 6.88. The van der Waals surface area contributed by atoms with Gasteiger partial charge in [-0.05, 0) is 43.3 Å². The maximum atomic E-state index is 12.4. The summed E-state index contributed by atoms with van der Waals surface area (Å²) in [4.78, 5) is 14.5. The van der Waals surface area contributed by atoms with Crippen LogP contribution in [0.1, 0.15) is 18.1 Å². The third-order valence-electron chi connectivity index (χ3n) is 4.35. The lowest BCUT2D eigenvalue weighted by molar-refractivity contribution is -0.117. The number of nitrogens with zero attached hydrogens (tertiary/aromatic N) is 3. The van der Waals surface area contributed by atoms with Crippen molar-refractivity contribution in [1.29, 1.82) is 0 Å². The number of benzene rings is 2. The molecule has 6 heteroatoms. The van der Waals surface area contributed by atoms with Crippen molar-refractivity contribution in [3.63, 3.8) is 0 Å². The summed E-state index contributed by atoms with van der Waals surface area (Å²) in [6.45, 7) is 5.71. The van der Waals surface area contributed by atoms with E-state index in [0.29, 0.717) is 18.1 Å². The number of carbonyl (C=O) groups excluding carboxylic acids is 1. The highest BCUT2D eigenvalue weighted by molar-refractivity contribution is 6.31. The average molecular weight is 383 g/mol. The van der Waals surface area contributed by atoms with Gasteiger partial charge in [0.15, 0.2) is 0 Å². The first-order valence-electron chi connectivity index (χ1n) is 8.92. The molecule has 140 valence electrons. The summed E-state index contributed by atoms with van der Waals surface area (Å²) in [5.74, 6) is -0.0577. The van der Waals surface area contributed by atoms with Gasteiger partial charge in [-0.2, -0.15) is 5.10 Å². The molecule has 0 saturated carbocycles. The van der Waals surface area contributed by atoms with Crippen LogP contribution in [-0.4, -0.2) is 33.7 Å². The Balaban J connectivity index is 1.61. The van der Waals surface area contributed by atoms with Crippen LogP contribution in [0, 0.1) is 6.92 Å². The molecule has 0 atom stereocenters. The summed E-state index contributed by atoms with van der Waals surface area (Å²) in [6.07, 6.45) is 3.84. The van der Waals surface area contributed by atoms with Gasteiger partial charge in [-0.25, -0.2) is 4.68 Å². The number of aryl methyl sites for hydroxylation is 1. The van der Waals surface area contributed by atoms with E-state index >= 15 is 0 Å². The van der Waals surface area contributed by atoms with E-state index in [1.807, 2.05) is 73.4 Å². The maximum absolute atomic E-state index is 12.4. The van der Waals surface area contributed by atoms with E-state index in [2.05, 4.69) is 15.3 Å². The number of nitrogens with one attached hydrogen (secondary N) is 1. The second-order valence-electron chi connectivity index (χ2n) is 6.44. The Morgan fingerprint density at radius 2 is 2.00 bits per heavy atom. The molecule has 2 aromatic carbocycles. The largest absolute Gasteiger partial charge is 0.325 e. The number of likely N-dealkylation sites (N-methyl/N-ethyl adjacent to an activating group) is 1. The molecule has 1 amide bonds. The van der Waals surface area contributed by atoms with Gasteiger partial charge in [-0.3, -0.25) is 9.69 Å². The van der Waals surface area contributed by atoms with Gasteiger partial charge in [0, 0.05) is 29.0 Å². The van der Waals surface area contributed by atoms with Crippen molar-refractivity contribution in [2.24, 2.45) is 0 Å². The van der Waals surface area contributed by atoms with E-state index in [4.69, 9.17) is 11.6 Å². The number of para-hydroxylation sites is 1. The topological polar surface area (TPSA) is 50.2 Å². The van der Waals surface area contributed by atoms with E-state index in [9.17, 15) is 4.79 Å². The Bertz CT molecular complexity index is 908. The van der Waals surface area contributed by atoms with Crippen LogP contribution in [0.25, 0.3) is 5.69 Å². The van der Waals surface area contributed by atoms with Crippen molar-refractivity contribution in [1.82, 2.24) is 14.7 Å². The molecule has 1 heterocycles. The molecule has 3 aromatic rings. The summed E-state index contributed by atoms with van der Waals surface area (Å²) >= 11 is 6.02. The van der Waals surface area contributed by atoms with Gasteiger partial charge in [0.1, 0.15) is 0 Å². The smallest absolute Gasteiger partial charge is 0.238 e. The van der Waals surface area contributed by atoms with Crippen LogP contribution in [0.3, 0.4) is 0 Å². The third-order valence-corrected chi connectivity index (χ3v) is 4.59. The summed E-state index contributed by atoms with van der Waals surface area (Å²) in [5, 5.41) is 7.97. The van der Waals surface area contributed by atoms with Crippen molar-refractivity contribution < 1.29 is 4.79 Å². The molecule has 0 aliphatic heterocycles. The summed E-state index contributed by atoms with van der Waals surface area (Å²) < 4.78 is 1.85. The van der Waals surface area contributed by atoms with Crippen LogP contribution in [0.5, 0.6) is 0 Å². The molecule has 3 rings (SSSR count). The van der Waals surface area contributed by atoms with Gasteiger partial charge in [-0.15, -0.1) is 0 Å². The zero-order valence-electron chi connectivity index (χ0n) is 15.5. The predicted molar refractivity (Wildman–Crippen MR) is 109 cm³/mol. The van der Waals surface area contributed by atoms with Crippen LogP contribution < -0.4 is 5.32 Å². The van der Waals surface area contributed by atoms with Crippen LogP contribution in [0.2, 0.25) is 5.02 Å². The first-order chi connectivity index (χ1) is 13.0. The average Bonchev–Trinajstić information content (AvgIpc) is 3.13. The zero-order valence-corrected chi connectivity index (χ0v) is 16.3. The van der Waals surface area contributed by atoms with E-state index in [0.717, 1.165) is 29.0 Å². The fourth-order valence-electron chi connectivity index (χ4n) is 2.82. The van der Waals surface area contributed by atoms with Gasteiger partial charge in [0.2, 0.25) is 5.91 Å². The molecule has 27 heavy (non-hydrogen) atoms. The summed E-state index contributed by atoms with van der Waals surface area (Å²) in [6, 6.07) is 15.4. The van der Waals surface area contributed by atoms with Crippen molar-refractivity contribution in [2.75, 3.05) is 18.4 Å². The number of carbonyl (C=O) groups is 1. The number of hydrogen-bond acceptors (Lipinski definition) is 3. The van der Waals surface area contributed by atoms with Crippen LogP contribution in [-0.2, 0) is 11.3 Å².